The Morgan fingerprint density at radius 1 is 0.941 bits per heavy atom. The summed E-state index contributed by atoms with van der Waals surface area (Å²) < 4.78 is 0. The highest BCUT2D eigenvalue weighted by Gasteiger charge is 2.58. The first-order valence-corrected chi connectivity index (χ1v) is 7.09. The molecule has 0 saturated heterocycles. The lowest BCUT2D eigenvalue weighted by Gasteiger charge is -2.59. The first kappa shape index (κ1) is 10.1. The van der Waals surface area contributed by atoms with Crippen molar-refractivity contribution in [3.8, 4) is 0 Å². The van der Waals surface area contributed by atoms with Gasteiger partial charge in [-0.3, -0.25) is 0 Å². The van der Waals surface area contributed by atoms with Crippen molar-refractivity contribution in [2.24, 2.45) is 11.8 Å². The number of hydrogen-bond acceptors (Lipinski definition) is 0. The van der Waals surface area contributed by atoms with E-state index in [2.05, 4.69) is 36.1 Å². The Hall–Kier alpha value is -0.820. The molecule has 0 aliphatic heterocycles. The summed E-state index contributed by atoms with van der Waals surface area (Å²) in [4.78, 5) is 0. The second kappa shape index (κ2) is 3.14. The fourth-order valence-electron chi connectivity index (χ4n) is 5.58. The smallest absolute Gasteiger partial charge is 0.0959 e. The van der Waals surface area contributed by atoms with Gasteiger partial charge in [0.25, 0.3) is 0 Å². The van der Waals surface area contributed by atoms with Crippen LogP contribution >= 0.6 is 0 Å². The zero-order valence-electron chi connectivity index (χ0n) is 10.5. The molecule has 90 valence electrons. The SMILES string of the molecule is [NH3+]C12C[C@H]3C[C@@H](C1)CC(c1ccccc1)(C3)C2. The Morgan fingerprint density at radius 2 is 1.59 bits per heavy atom. The molecule has 5 rings (SSSR count). The molecule has 4 aliphatic carbocycles. The largest absolute Gasteiger partial charge is 0.353 e. The molecular formula is C16H22N+. The Labute approximate surface area is 103 Å². The molecule has 2 unspecified atom stereocenters. The maximum Gasteiger partial charge on any atom is 0.0959 e. The van der Waals surface area contributed by atoms with Crippen molar-refractivity contribution in [2.45, 2.75) is 49.5 Å². The Bertz CT molecular complexity index is 422. The van der Waals surface area contributed by atoms with Crippen LogP contribution in [0.2, 0.25) is 0 Å². The molecule has 0 amide bonds. The van der Waals surface area contributed by atoms with Crippen LogP contribution in [0.5, 0.6) is 0 Å². The van der Waals surface area contributed by atoms with Gasteiger partial charge in [-0.05, 0) is 36.7 Å². The topological polar surface area (TPSA) is 27.6 Å². The summed E-state index contributed by atoms with van der Waals surface area (Å²) in [6, 6.07) is 11.3. The summed E-state index contributed by atoms with van der Waals surface area (Å²) in [5, 5.41) is 0. The molecule has 4 saturated carbocycles. The van der Waals surface area contributed by atoms with Crippen LogP contribution in [0.15, 0.2) is 30.3 Å². The zero-order chi connectivity index (χ0) is 11.5. The van der Waals surface area contributed by atoms with Gasteiger partial charge in [-0.25, -0.2) is 0 Å². The van der Waals surface area contributed by atoms with Crippen molar-refractivity contribution in [3.05, 3.63) is 35.9 Å². The highest BCUT2D eigenvalue weighted by atomic mass is 14.8. The van der Waals surface area contributed by atoms with Crippen LogP contribution in [0.3, 0.4) is 0 Å². The quantitative estimate of drug-likeness (QED) is 0.765. The van der Waals surface area contributed by atoms with E-state index in [1.54, 1.807) is 5.56 Å². The summed E-state index contributed by atoms with van der Waals surface area (Å²) in [6.07, 6.45) is 8.51. The molecule has 3 N–H and O–H groups in total. The van der Waals surface area contributed by atoms with Crippen molar-refractivity contribution >= 4 is 0 Å². The van der Waals surface area contributed by atoms with Gasteiger partial charge >= 0.3 is 0 Å². The lowest BCUT2D eigenvalue weighted by atomic mass is 9.45. The third-order valence-electron chi connectivity index (χ3n) is 5.57. The van der Waals surface area contributed by atoms with E-state index >= 15 is 0 Å². The molecule has 4 fully saturated rings. The van der Waals surface area contributed by atoms with Crippen LogP contribution in [0.4, 0.5) is 0 Å². The van der Waals surface area contributed by atoms with Crippen LogP contribution in [0.25, 0.3) is 0 Å². The minimum absolute atomic E-state index is 0.417. The van der Waals surface area contributed by atoms with Crippen LogP contribution in [-0.2, 0) is 5.41 Å². The molecular weight excluding hydrogens is 206 g/mol. The summed E-state index contributed by atoms with van der Waals surface area (Å²) in [5.74, 6) is 1.93. The normalized spacial score (nSPS) is 47.4. The zero-order valence-corrected chi connectivity index (χ0v) is 10.5. The van der Waals surface area contributed by atoms with Gasteiger partial charge in [-0.2, -0.15) is 0 Å². The van der Waals surface area contributed by atoms with E-state index in [4.69, 9.17) is 0 Å². The van der Waals surface area contributed by atoms with E-state index < -0.39 is 0 Å². The van der Waals surface area contributed by atoms with Crippen LogP contribution in [0.1, 0.15) is 44.1 Å². The van der Waals surface area contributed by atoms with Crippen molar-refractivity contribution in [1.29, 1.82) is 0 Å². The second-order valence-electron chi connectivity index (χ2n) is 7.11. The fraction of sp³-hybridized carbons (Fsp3) is 0.625. The number of hydrogen-bond donors (Lipinski definition) is 1. The molecule has 0 radical (unpaired) electrons. The van der Waals surface area contributed by atoms with Crippen LogP contribution in [0, 0.1) is 11.8 Å². The average Bonchev–Trinajstić information content (AvgIpc) is 2.27. The van der Waals surface area contributed by atoms with Crippen molar-refractivity contribution in [1.82, 2.24) is 0 Å². The number of benzene rings is 1. The lowest BCUT2D eigenvalue weighted by molar-refractivity contribution is -0.506. The Kier molecular flexibility index (Phi) is 1.87. The van der Waals surface area contributed by atoms with E-state index in [1.165, 1.54) is 38.5 Å². The second-order valence-corrected chi connectivity index (χ2v) is 7.11. The first-order valence-electron chi connectivity index (χ1n) is 7.09. The Balaban J connectivity index is 1.79. The van der Waals surface area contributed by atoms with E-state index in [1.807, 2.05) is 0 Å². The van der Waals surface area contributed by atoms with Crippen LogP contribution in [-0.4, -0.2) is 5.54 Å². The van der Waals surface area contributed by atoms with Gasteiger partial charge < -0.3 is 5.73 Å². The van der Waals surface area contributed by atoms with E-state index in [0.717, 1.165) is 11.8 Å². The Morgan fingerprint density at radius 3 is 2.18 bits per heavy atom. The number of rotatable bonds is 1. The lowest BCUT2D eigenvalue weighted by Crippen LogP contribution is -2.79. The fourth-order valence-corrected chi connectivity index (χ4v) is 5.58. The molecule has 1 aromatic rings. The van der Waals surface area contributed by atoms with Crippen molar-refractivity contribution in [3.63, 3.8) is 0 Å². The molecule has 17 heavy (non-hydrogen) atoms. The maximum atomic E-state index is 4.60. The first-order chi connectivity index (χ1) is 8.18. The molecule has 1 heteroatoms. The predicted octanol–water partition coefficient (Wildman–Crippen LogP) is 2.52. The van der Waals surface area contributed by atoms with Gasteiger partial charge in [0.1, 0.15) is 0 Å². The summed E-state index contributed by atoms with van der Waals surface area (Å²) in [5.41, 5.74) is 7.11. The predicted molar refractivity (Wildman–Crippen MR) is 68.4 cm³/mol. The highest BCUT2D eigenvalue weighted by molar-refractivity contribution is 5.30. The molecule has 4 atom stereocenters. The summed E-state index contributed by atoms with van der Waals surface area (Å²) in [7, 11) is 0. The molecule has 4 bridgehead atoms. The third-order valence-corrected chi connectivity index (χ3v) is 5.57. The molecule has 0 aromatic heterocycles. The molecule has 0 heterocycles. The van der Waals surface area contributed by atoms with Crippen molar-refractivity contribution < 1.29 is 5.73 Å². The summed E-state index contributed by atoms with van der Waals surface area (Å²) in [6.45, 7) is 0. The minimum atomic E-state index is 0.417. The monoisotopic (exact) mass is 228 g/mol. The van der Waals surface area contributed by atoms with Gasteiger partial charge in [0.05, 0.1) is 5.54 Å². The van der Waals surface area contributed by atoms with Gasteiger partial charge in [0.2, 0.25) is 0 Å². The highest BCUT2D eigenvalue weighted by Crippen LogP contribution is 2.60. The average molecular weight is 228 g/mol. The molecule has 1 nitrogen and oxygen atoms in total. The maximum absolute atomic E-state index is 4.60. The van der Waals surface area contributed by atoms with Gasteiger partial charge in [0.15, 0.2) is 0 Å². The third kappa shape index (κ3) is 1.41. The van der Waals surface area contributed by atoms with E-state index in [0.29, 0.717) is 11.0 Å². The van der Waals surface area contributed by atoms with E-state index in [-0.39, 0.29) is 0 Å². The standard InChI is InChI=1S/C16H21N/c17-16-9-12-6-13(10-16)8-15(7-12,11-16)14-4-2-1-3-5-14/h1-5,12-13H,6-11,17H2/p+1/t12-,13+,15?,16?. The van der Waals surface area contributed by atoms with Crippen LogP contribution < -0.4 is 5.73 Å². The molecule has 4 aliphatic rings. The summed E-state index contributed by atoms with van der Waals surface area (Å²) >= 11 is 0. The number of quaternary nitrogens is 1. The molecule has 0 spiro atoms. The van der Waals surface area contributed by atoms with Gasteiger partial charge in [0, 0.05) is 24.7 Å². The minimum Gasteiger partial charge on any atom is -0.353 e. The van der Waals surface area contributed by atoms with Gasteiger partial charge in [-0.15, -0.1) is 0 Å². The van der Waals surface area contributed by atoms with Gasteiger partial charge in [-0.1, -0.05) is 30.3 Å². The van der Waals surface area contributed by atoms with E-state index in [9.17, 15) is 0 Å². The molecule has 1 aromatic carbocycles. The van der Waals surface area contributed by atoms with Crippen molar-refractivity contribution in [2.75, 3.05) is 0 Å².